The van der Waals surface area contributed by atoms with Gasteiger partial charge in [0.05, 0.1) is 72.1 Å². The highest BCUT2D eigenvalue weighted by molar-refractivity contribution is 7.93. The van der Waals surface area contributed by atoms with Crippen molar-refractivity contribution in [2.45, 2.75) is 16.7 Å². The Labute approximate surface area is 406 Å². The molecule has 0 aliphatic heterocycles. The van der Waals surface area contributed by atoms with Crippen LogP contribution in [0.3, 0.4) is 0 Å². The van der Waals surface area contributed by atoms with Crippen molar-refractivity contribution in [3.63, 3.8) is 0 Å². The highest BCUT2D eigenvalue weighted by atomic mass is 35.5. The minimum atomic E-state index is -3.99. The minimum Gasteiger partial charge on any atom is -0.505 e. The van der Waals surface area contributed by atoms with E-state index >= 15 is 0 Å². The van der Waals surface area contributed by atoms with Gasteiger partial charge in [0.25, 0.3) is 20.0 Å². The number of hydrogen-bond donors (Lipinski definition) is 3. The molecule has 0 aliphatic rings. The summed E-state index contributed by atoms with van der Waals surface area (Å²) in [6.07, 6.45) is 3.23. The molecule has 0 saturated heterocycles. The number of benzene rings is 6. The number of aromatic hydroxyl groups is 1. The number of pyridine rings is 2. The van der Waals surface area contributed by atoms with Crippen LogP contribution in [-0.4, -0.2) is 67.5 Å². The molecular weight excluding hydrogens is 979 g/mol. The largest absolute Gasteiger partial charge is 0.505 e. The molecule has 358 valence electrons. The van der Waals surface area contributed by atoms with E-state index < -0.39 is 25.9 Å². The normalized spacial score (nSPS) is 11.3. The number of halogens is 3. The molecule has 0 fully saturated rings. The summed E-state index contributed by atoms with van der Waals surface area (Å²) in [5, 5.41) is 10.7. The number of ether oxygens (including phenoxy) is 7. The fourth-order valence-electron chi connectivity index (χ4n) is 6.65. The molecule has 6 aromatic carbocycles. The predicted octanol–water partition coefficient (Wildman–Crippen LogP) is 11.2. The summed E-state index contributed by atoms with van der Waals surface area (Å²) >= 11 is 11.7. The van der Waals surface area contributed by atoms with Crippen LogP contribution in [0.15, 0.2) is 131 Å². The standard InChI is InChI=1S/C25H23FN2O6S.C23H18Cl2N2O6S/c1-15-11-16(34-22-9-10-27-21-14-25(33-4)24(32-3)13-18(21)22)5-8-20(15)28-35(29,30)17-6-7-19(26)23(12-17)31-2;1-31-21-11-16-19(12-22(21)32-2)26-8-7-20(16)33-14-5-3-13(4-6-14)27-34(29,30)15-9-17(24)23(28)18(25)10-15/h5-14,28H,1-4H3;3-12,27-28H,1-2H3. The van der Waals surface area contributed by atoms with E-state index in [4.69, 9.17) is 56.4 Å². The van der Waals surface area contributed by atoms with Crippen LogP contribution in [0.1, 0.15) is 5.56 Å². The van der Waals surface area contributed by atoms with Crippen LogP contribution in [0.25, 0.3) is 21.8 Å². The number of methoxy groups -OCH3 is 5. The molecule has 0 amide bonds. The average molecular weight is 1020 g/mol. The van der Waals surface area contributed by atoms with Crippen molar-refractivity contribution in [3.8, 4) is 57.5 Å². The summed E-state index contributed by atoms with van der Waals surface area (Å²) in [6.45, 7) is 1.74. The molecule has 8 rings (SSSR count). The first-order chi connectivity index (χ1) is 33.0. The van der Waals surface area contributed by atoms with E-state index in [1.165, 1.54) is 13.2 Å². The molecular formula is C48H41Cl2FN4O12S2. The molecule has 16 nitrogen and oxygen atoms in total. The van der Waals surface area contributed by atoms with Crippen molar-refractivity contribution in [3.05, 3.63) is 143 Å². The first-order valence-electron chi connectivity index (χ1n) is 20.1. The van der Waals surface area contributed by atoms with E-state index in [0.29, 0.717) is 79.4 Å². The number of nitrogens with zero attached hydrogens (tertiary/aromatic N) is 2. The molecule has 0 atom stereocenters. The molecule has 0 saturated carbocycles. The minimum absolute atomic E-state index is 0.122. The Balaban J connectivity index is 0.000000204. The van der Waals surface area contributed by atoms with Crippen LogP contribution in [0.5, 0.6) is 57.5 Å². The van der Waals surface area contributed by atoms with Gasteiger partial charge < -0.3 is 38.3 Å². The third kappa shape index (κ3) is 11.1. The van der Waals surface area contributed by atoms with Crippen molar-refractivity contribution >= 4 is 76.4 Å². The van der Waals surface area contributed by atoms with Gasteiger partial charge in [-0.15, -0.1) is 0 Å². The van der Waals surface area contributed by atoms with E-state index in [2.05, 4.69) is 19.4 Å². The van der Waals surface area contributed by atoms with Crippen LogP contribution in [-0.2, 0) is 20.0 Å². The van der Waals surface area contributed by atoms with Gasteiger partial charge in [0, 0.05) is 47.1 Å². The Morgan fingerprint density at radius 2 is 1.00 bits per heavy atom. The van der Waals surface area contributed by atoms with Gasteiger partial charge in [0.1, 0.15) is 23.0 Å². The second-order valence-corrected chi connectivity index (χ2v) is 18.7. The Kier molecular flexibility index (Phi) is 14.9. The molecule has 21 heteroatoms. The maximum absolute atomic E-state index is 13.7. The first kappa shape index (κ1) is 49.5. The SMILES string of the molecule is COc1cc(S(=O)(=O)Nc2ccc(Oc3ccnc4cc(OC)c(OC)cc34)cc2C)ccc1F.COc1cc2nccc(Oc3ccc(NS(=O)(=O)c4cc(Cl)c(O)c(Cl)c4)cc3)c2cc1OC. The van der Waals surface area contributed by atoms with Gasteiger partial charge in [-0.05, 0) is 103 Å². The summed E-state index contributed by atoms with van der Waals surface area (Å²) in [5.74, 6) is 3.03. The molecule has 0 spiro atoms. The fourth-order valence-corrected chi connectivity index (χ4v) is 9.53. The van der Waals surface area contributed by atoms with Gasteiger partial charge in [0.2, 0.25) is 0 Å². The number of phenols is 1. The van der Waals surface area contributed by atoms with Crippen LogP contribution >= 0.6 is 23.2 Å². The maximum atomic E-state index is 13.7. The lowest BCUT2D eigenvalue weighted by atomic mass is 10.1. The molecule has 2 heterocycles. The summed E-state index contributed by atoms with van der Waals surface area (Å²) in [6, 6.07) is 27.3. The van der Waals surface area contributed by atoms with Crippen LogP contribution in [0.2, 0.25) is 10.0 Å². The molecule has 8 aromatic rings. The number of fused-ring (bicyclic) bond motifs is 2. The fraction of sp³-hybridized carbons (Fsp3) is 0.125. The van der Waals surface area contributed by atoms with Crippen LogP contribution in [0.4, 0.5) is 15.8 Å². The Morgan fingerprint density at radius 3 is 1.51 bits per heavy atom. The highest BCUT2D eigenvalue weighted by Gasteiger charge is 2.21. The lowest BCUT2D eigenvalue weighted by molar-refractivity contribution is 0.355. The third-order valence-electron chi connectivity index (χ3n) is 10.2. The van der Waals surface area contributed by atoms with Gasteiger partial charge >= 0.3 is 0 Å². The van der Waals surface area contributed by atoms with Crippen LogP contribution in [0, 0.1) is 12.7 Å². The second kappa shape index (κ2) is 20.8. The van der Waals surface area contributed by atoms with E-state index in [-0.39, 0.29) is 31.3 Å². The van der Waals surface area contributed by atoms with Crippen LogP contribution < -0.4 is 42.6 Å². The number of nitrogens with one attached hydrogen (secondary N) is 2. The van der Waals surface area contributed by atoms with Gasteiger partial charge in [-0.3, -0.25) is 19.4 Å². The van der Waals surface area contributed by atoms with Crippen molar-refractivity contribution < 1.29 is 59.5 Å². The molecule has 0 unspecified atom stereocenters. The summed E-state index contributed by atoms with van der Waals surface area (Å²) in [4.78, 5) is 8.39. The molecule has 3 N–H and O–H groups in total. The second-order valence-electron chi connectivity index (χ2n) is 14.5. The molecule has 0 bridgehead atoms. The molecule has 2 aromatic heterocycles. The predicted molar refractivity (Wildman–Crippen MR) is 260 cm³/mol. The number of sulfonamides is 2. The maximum Gasteiger partial charge on any atom is 0.262 e. The smallest absolute Gasteiger partial charge is 0.262 e. The highest BCUT2D eigenvalue weighted by Crippen LogP contribution is 2.40. The monoisotopic (exact) mass is 1020 g/mol. The first-order valence-corrected chi connectivity index (χ1v) is 23.8. The summed E-state index contributed by atoms with van der Waals surface area (Å²) in [7, 11) is -0.512. The van der Waals surface area contributed by atoms with E-state index in [1.807, 2.05) is 0 Å². The number of phenolic OH excluding ortho intramolecular Hbond substituents is 1. The van der Waals surface area contributed by atoms with E-state index in [0.717, 1.165) is 29.7 Å². The van der Waals surface area contributed by atoms with Crippen molar-refractivity contribution in [2.24, 2.45) is 0 Å². The molecule has 69 heavy (non-hydrogen) atoms. The van der Waals surface area contributed by atoms with E-state index in [1.54, 1.807) is 127 Å². The Hall–Kier alpha value is -7.45. The van der Waals surface area contributed by atoms with Gasteiger partial charge in [-0.2, -0.15) is 0 Å². The number of hydrogen-bond acceptors (Lipinski definition) is 14. The average Bonchev–Trinajstić information content (AvgIpc) is 3.34. The van der Waals surface area contributed by atoms with Gasteiger partial charge in [-0.1, -0.05) is 23.2 Å². The number of aromatic nitrogens is 2. The van der Waals surface area contributed by atoms with Crippen molar-refractivity contribution in [2.75, 3.05) is 45.0 Å². The van der Waals surface area contributed by atoms with Crippen molar-refractivity contribution in [1.82, 2.24) is 9.97 Å². The zero-order valence-electron chi connectivity index (χ0n) is 37.3. The number of aryl methyl sites for hydroxylation is 1. The van der Waals surface area contributed by atoms with Gasteiger partial charge in [-0.25, -0.2) is 21.2 Å². The molecule has 0 aliphatic carbocycles. The zero-order chi connectivity index (χ0) is 49.6. The third-order valence-corrected chi connectivity index (χ3v) is 13.5. The zero-order valence-corrected chi connectivity index (χ0v) is 40.5. The molecule has 0 radical (unpaired) electrons. The van der Waals surface area contributed by atoms with Crippen molar-refractivity contribution in [1.29, 1.82) is 0 Å². The van der Waals surface area contributed by atoms with E-state index in [9.17, 15) is 26.3 Å². The lowest BCUT2D eigenvalue weighted by Crippen LogP contribution is -2.14. The lowest BCUT2D eigenvalue weighted by Gasteiger charge is -2.14. The summed E-state index contributed by atoms with van der Waals surface area (Å²) in [5.41, 5.74) is 2.59. The number of rotatable bonds is 15. The quantitative estimate of drug-likeness (QED) is 0.0875. The van der Waals surface area contributed by atoms with Gasteiger partial charge in [0.15, 0.2) is 40.3 Å². The summed E-state index contributed by atoms with van der Waals surface area (Å²) < 4.78 is 108. The topological polar surface area (TPSA) is 203 Å². The number of anilines is 2. The Bertz CT molecular complexity index is 3420. The Morgan fingerprint density at radius 1 is 0.522 bits per heavy atom.